The molecule has 0 bridgehead atoms. The molecule has 0 saturated heterocycles. The number of rotatable bonds is 4. The molecule has 0 fully saturated rings. The number of phenolic OH excluding ortho intramolecular Hbond substituents is 1. The van der Waals surface area contributed by atoms with Gasteiger partial charge in [0.15, 0.2) is 17.3 Å². The second-order valence-electron chi connectivity index (χ2n) is 7.78. The van der Waals surface area contributed by atoms with Gasteiger partial charge in [0, 0.05) is 35.1 Å². The Morgan fingerprint density at radius 2 is 1.77 bits per heavy atom. The van der Waals surface area contributed by atoms with Crippen molar-refractivity contribution in [2.24, 2.45) is 0 Å². The predicted molar refractivity (Wildman–Crippen MR) is 118 cm³/mol. The number of ketones is 1. The Bertz CT molecular complexity index is 1080. The van der Waals surface area contributed by atoms with Gasteiger partial charge < -0.3 is 14.6 Å². The lowest BCUT2D eigenvalue weighted by molar-refractivity contribution is -0.119. The molecule has 1 aliphatic carbocycles. The number of anilines is 1. The number of phenols is 1. The van der Waals surface area contributed by atoms with Gasteiger partial charge in [-0.3, -0.25) is 14.5 Å². The van der Waals surface area contributed by atoms with Gasteiger partial charge in [0.2, 0.25) is 11.7 Å². The number of hydrogen-bond donors (Lipinski definition) is 1. The number of nitrogens with zero attached hydrogens (tertiary/aromatic N) is 1. The molecule has 1 amide bonds. The lowest BCUT2D eigenvalue weighted by atomic mass is 9.77. The number of allylic oxidation sites excluding steroid dienone is 2. The van der Waals surface area contributed by atoms with Gasteiger partial charge in [-0.15, -0.1) is 0 Å². The number of carbonyl (C=O) groups is 2. The van der Waals surface area contributed by atoms with E-state index in [-0.39, 0.29) is 35.4 Å². The first-order chi connectivity index (χ1) is 14.9. The first-order valence-electron chi connectivity index (χ1n) is 10.2. The molecule has 0 spiro atoms. The number of methoxy groups -OCH3 is 2. The molecule has 7 heteroatoms. The van der Waals surface area contributed by atoms with Gasteiger partial charge in [0.05, 0.1) is 19.9 Å². The van der Waals surface area contributed by atoms with Crippen LogP contribution in [0.25, 0.3) is 0 Å². The van der Waals surface area contributed by atoms with E-state index in [9.17, 15) is 14.7 Å². The van der Waals surface area contributed by atoms with Gasteiger partial charge in [0.25, 0.3) is 0 Å². The van der Waals surface area contributed by atoms with E-state index in [1.54, 1.807) is 23.1 Å². The van der Waals surface area contributed by atoms with Gasteiger partial charge in [-0.1, -0.05) is 17.7 Å². The van der Waals surface area contributed by atoms with E-state index in [2.05, 4.69) is 0 Å². The van der Waals surface area contributed by atoms with Crippen molar-refractivity contribution < 1.29 is 24.2 Å². The third-order valence-corrected chi connectivity index (χ3v) is 6.47. The largest absolute Gasteiger partial charge is 0.502 e. The fourth-order valence-electron chi connectivity index (χ4n) is 4.51. The van der Waals surface area contributed by atoms with E-state index >= 15 is 0 Å². The number of halogens is 1. The van der Waals surface area contributed by atoms with Crippen molar-refractivity contribution in [3.8, 4) is 17.2 Å². The predicted octanol–water partition coefficient (Wildman–Crippen LogP) is 4.90. The normalized spacial score (nSPS) is 18.8. The molecule has 1 N–H and O–H groups in total. The monoisotopic (exact) mass is 441 g/mol. The maximum Gasteiger partial charge on any atom is 0.232 e. The van der Waals surface area contributed by atoms with Crippen molar-refractivity contribution in [1.82, 2.24) is 0 Å². The molecule has 1 atom stereocenters. The van der Waals surface area contributed by atoms with Crippen LogP contribution in [-0.2, 0) is 9.59 Å². The Kier molecular flexibility index (Phi) is 5.67. The molecular formula is C24H24ClNO5. The molecule has 2 aromatic rings. The minimum atomic E-state index is -0.436. The second kappa shape index (κ2) is 8.27. The summed E-state index contributed by atoms with van der Waals surface area (Å²) in [6, 6.07) is 8.79. The van der Waals surface area contributed by atoms with Crippen molar-refractivity contribution in [3.63, 3.8) is 0 Å². The highest BCUT2D eigenvalue weighted by Gasteiger charge is 2.40. The highest BCUT2D eigenvalue weighted by Crippen LogP contribution is 2.47. The van der Waals surface area contributed by atoms with E-state index < -0.39 is 5.92 Å². The summed E-state index contributed by atoms with van der Waals surface area (Å²) in [7, 11) is 2.90. The van der Waals surface area contributed by atoms with Gasteiger partial charge in [-0.05, 0) is 55.2 Å². The molecule has 0 aromatic heterocycles. The lowest BCUT2D eigenvalue weighted by Gasteiger charge is -2.39. The molecule has 31 heavy (non-hydrogen) atoms. The van der Waals surface area contributed by atoms with Crippen LogP contribution in [0, 0.1) is 6.92 Å². The Morgan fingerprint density at radius 3 is 2.42 bits per heavy atom. The molecule has 2 aromatic carbocycles. The molecule has 162 valence electrons. The molecular weight excluding hydrogens is 418 g/mol. The minimum absolute atomic E-state index is 0.0365. The first kappa shape index (κ1) is 21.2. The summed E-state index contributed by atoms with van der Waals surface area (Å²) in [6.45, 7) is 1.87. The van der Waals surface area contributed by atoms with E-state index in [0.717, 1.165) is 11.3 Å². The topological polar surface area (TPSA) is 76.1 Å². The van der Waals surface area contributed by atoms with Crippen molar-refractivity contribution in [2.75, 3.05) is 19.1 Å². The summed E-state index contributed by atoms with van der Waals surface area (Å²) in [6.07, 6.45) is 1.88. The van der Waals surface area contributed by atoms with Crippen LogP contribution >= 0.6 is 11.6 Å². The van der Waals surface area contributed by atoms with Crippen molar-refractivity contribution in [3.05, 3.63) is 57.8 Å². The summed E-state index contributed by atoms with van der Waals surface area (Å²) in [5.74, 6) is -0.143. The number of aromatic hydroxyl groups is 1. The number of Topliss-reactive ketones (excluding diaryl/α,β-unsaturated/α-hetero) is 1. The average Bonchev–Trinajstić information content (AvgIpc) is 2.76. The van der Waals surface area contributed by atoms with Gasteiger partial charge >= 0.3 is 0 Å². The maximum absolute atomic E-state index is 13.4. The van der Waals surface area contributed by atoms with Crippen LogP contribution in [0.4, 0.5) is 5.69 Å². The summed E-state index contributed by atoms with van der Waals surface area (Å²) in [5.41, 5.74) is 3.58. The molecule has 6 nitrogen and oxygen atoms in total. The second-order valence-corrected chi connectivity index (χ2v) is 8.19. The molecule has 4 rings (SSSR count). The van der Waals surface area contributed by atoms with Crippen molar-refractivity contribution >= 4 is 29.0 Å². The quantitative estimate of drug-likeness (QED) is 0.730. The summed E-state index contributed by atoms with van der Waals surface area (Å²) < 4.78 is 10.6. The van der Waals surface area contributed by atoms with Crippen LogP contribution in [-0.4, -0.2) is 31.0 Å². The standard InChI is InChI=1S/C24H24ClNO5/c1-13-16(25)6-4-7-17(13)26-18-8-5-9-19(27)23(18)15(12-22(26)28)14-10-20(30-2)24(29)21(11-14)31-3/h4,6-7,10-11,15,29H,5,8-9,12H2,1-3H3. The minimum Gasteiger partial charge on any atom is -0.502 e. The van der Waals surface area contributed by atoms with Crippen LogP contribution < -0.4 is 14.4 Å². The van der Waals surface area contributed by atoms with E-state index in [4.69, 9.17) is 21.1 Å². The molecule has 1 aliphatic heterocycles. The van der Waals surface area contributed by atoms with E-state index in [0.29, 0.717) is 41.1 Å². The van der Waals surface area contributed by atoms with Gasteiger partial charge in [-0.25, -0.2) is 0 Å². The maximum atomic E-state index is 13.4. The summed E-state index contributed by atoms with van der Waals surface area (Å²) in [4.78, 5) is 28.2. The van der Waals surface area contributed by atoms with Crippen LogP contribution in [0.2, 0.25) is 5.02 Å². The number of ether oxygens (including phenoxy) is 2. The van der Waals surface area contributed by atoms with Crippen LogP contribution in [0.1, 0.15) is 42.7 Å². The molecule has 2 aliphatic rings. The lowest BCUT2D eigenvalue weighted by Crippen LogP contribution is -2.40. The Hall–Kier alpha value is -2.99. The van der Waals surface area contributed by atoms with Crippen molar-refractivity contribution in [1.29, 1.82) is 0 Å². The number of amides is 1. The van der Waals surface area contributed by atoms with E-state index in [1.165, 1.54) is 14.2 Å². The fourth-order valence-corrected chi connectivity index (χ4v) is 4.68. The first-order valence-corrected chi connectivity index (χ1v) is 10.5. The number of benzene rings is 2. The summed E-state index contributed by atoms with van der Waals surface area (Å²) >= 11 is 6.32. The molecule has 0 radical (unpaired) electrons. The average molecular weight is 442 g/mol. The fraction of sp³-hybridized carbons (Fsp3) is 0.333. The molecule has 1 unspecified atom stereocenters. The zero-order valence-electron chi connectivity index (χ0n) is 17.7. The number of carbonyl (C=O) groups excluding carboxylic acids is 2. The highest BCUT2D eigenvalue weighted by molar-refractivity contribution is 6.31. The zero-order chi connectivity index (χ0) is 22.3. The third kappa shape index (κ3) is 3.55. The van der Waals surface area contributed by atoms with Crippen molar-refractivity contribution in [2.45, 2.75) is 38.5 Å². The Balaban J connectivity index is 1.91. The van der Waals surface area contributed by atoms with Crippen LogP contribution in [0.3, 0.4) is 0 Å². The van der Waals surface area contributed by atoms with Crippen LogP contribution in [0.15, 0.2) is 41.6 Å². The summed E-state index contributed by atoms with van der Waals surface area (Å²) in [5, 5.41) is 10.9. The van der Waals surface area contributed by atoms with E-state index in [1.807, 2.05) is 19.1 Å². The molecule has 0 saturated carbocycles. The third-order valence-electron chi connectivity index (χ3n) is 6.06. The smallest absolute Gasteiger partial charge is 0.232 e. The van der Waals surface area contributed by atoms with Crippen LogP contribution in [0.5, 0.6) is 17.2 Å². The van der Waals surface area contributed by atoms with Gasteiger partial charge in [-0.2, -0.15) is 0 Å². The molecule has 1 heterocycles. The number of hydrogen-bond acceptors (Lipinski definition) is 5. The van der Waals surface area contributed by atoms with Gasteiger partial charge in [0.1, 0.15) is 0 Å². The SMILES string of the molecule is COc1cc(C2CC(=O)N(c3cccc(Cl)c3C)C3=C2C(=O)CCC3)cc(OC)c1O. The Morgan fingerprint density at radius 1 is 1.10 bits per heavy atom. The Labute approximate surface area is 186 Å². The zero-order valence-corrected chi connectivity index (χ0v) is 18.5. The highest BCUT2D eigenvalue weighted by atomic mass is 35.5.